The second kappa shape index (κ2) is 3.67. The Labute approximate surface area is 57.9 Å². The van der Waals surface area contributed by atoms with Gasteiger partial charge in [-0.1, -0.05) is 0 Å². The fourth-order valence-electron chi connectivity index (χ4n) is 0.262. The Morgan fingerprint density at radius 1 is 1.10 bits per heavy atom. The summed E-state index contributed by atoms with van der Waals surface area (Å²) in [6.45, 7) is 12.7. The van der Waals surface area contributed by atoms with Crippen molar-refractivity contribution >= 4 is 0 Å². The maximum absolute atomic E-state index is 8.14. The van der Waals surface area contributed by atoms with E-state index in [-0.39, 0.29) is 0 Å². The fourth-order valence-corrected chi connectivity index (χ4v) is 0.262. The first kappa shape index (κ1) is 7.70. The van der Waals surface area contributed by atoms with E-state index in [2.05, 4.69) is 9.69 Å². The van der Waals surface area contributed by atoms with Gasteiger partial charge in [-0.15, -0.1) is 0 Å². The number of nitrogens with zero attached hydrogens (tertiary/aromatic N) is 4. The maximum Gasteiger partial charge on any atom is 0.548 e. The van der Waals surface area contributed by atoms with Crippen molar-refractivity contribution < 1.29 is 0 Å². The van der Waals surface area contributed by atoms with Gasteiger partial charge in [0, 0.05) is 0 Å². The highest BCUT2D eigenvalue weighted by Gasteiger charge is 2.12. The van der Waals surface area contributed by atoms with Crippen molar-refractivity contribution in [3.05, 3.63) is 34.2 Å². The summed E-state index contributed by atoms with van der Waals surface area (Å²) in [5.74, 6) is -0.468. The first-order valence-electron chi connectivity index (χ1n) is 2.09. The molecule has 4 heteroatoms. The lowest BCUT2D eigenvalue weighted by Crippen LogP contribution is -1.74. The zero-order chi connectivity index (χ0) is 7.98. The third-order valence-corrected chi connectivity index (χ3v) is 0.659. The monoisotopic (exact) mass is 128 g/mol. The van der Waals surface area contributed by atoms with Gasteiger partial charge < -0.3 is 0 Å². The van der Waals surface area contributed by atoms with E-state index in [0.29, 0.717) is 0 Å². The molecule has 0 radical (unpaired) electrons. The predicted molar refractivity (Wildman–Crippen MR) is 31.5 cm³/mol. The van der Waals surface area contributed by atoms with E-state index in [0.717, 1.165) is 0 Å². The molecule has 10 heavy (non-hydrogen) atoms. The molecule has 0 aromatic rings. The third kappa shape index (κ3) is 1.34. The van der Waals surface area contributed by atoms with Crippen LogP contribution in [0.25, 0.3) is 9.69 Å². The molecule has 0 aromatic carbocycles. The summed E-state index contributed by atoms with van der Waals surface area (Å²) < 4.78 is 0. The van der Waals surface area contributed by atoms with E-state index in [1.165, 1.54) is 12.1 Å². The van der Waals surface area contributed by atoms with E-state index in [9.17, 15) is 0 Å². The first-order chi connectivity index (χ1) is 4.79. The van der Waals surface area contributed by atoms with Gasteiger partial charge in [0.05, 0.1) is 0 Å². The predicted octanol–water partition coefficient (Wildman–Crippen LogP) is 1.08. The molecule has 4 nitrogen and oxygen atoms in total. The average Bonchev–Trinajstić information content (AvgIpc) is 2.00. The van der Waals surface area contributed by atoms with Crippen molar-refractivity contribution in [3.63, 3.8) is 0 Å². The highest BCUT2D eigenvalue weighted by Crippen LogP contribution is 2.04. The van der Waals surface area contributed by atoms with Gasteiger partial charge in [0.15, 0.2) is 0 Å². The van der Waals surface area contributed by atoms with Crippen molar-refractivity contribution in [1.29, 1.82) is 10.5 Å². The molecule has 0 saturated heterocycles. The summed E-state index contributed by atoms with van der Waals surface area (Å²) in [6, 6.07) is 2.89. The third-order valence-electron chi connectivity index (χ3n) is 0.659. The highest BCUT2D eigenvalue weighted by atomic mass is 14.9. The minimum atomic E-state index is -0.468. The lowest BCUT2D eigenvalue weighted by molar-refractivity contribution is 1.44. The Hall–Kier alpha value is -2.30. The van der Waals surface area contributed by atoms with Crippen LogP contribution >= 0.6 is 0 Å². The zero-order valence-electron chi connectivity index (χ0n) is 4.79. The van der Waals surface area contributed by atoms with Crippen molar-refractivity contribution in [2.45, 2.75) is 0 Å². The van der Waals surface area contributed by atoms with Crippen LogP contribution in [0.5, 0.6) is 0 Å². The summed E-state index contributed by atoms with van der Waals surface area (Å²) >= 11 is 0. The number of nitriles is 2. The van der Waals surface area contributed by atoms with Gasteiger partial charge in [-0.3, -0.25) is 0 Å². The second-order valence-electron chi connectivity index (χ2n) is 1.15. The largest absolute Gasteiger partial charge is 0.548 e. The number of hydrogen-bond acceptors (Lipinski definition) is 2. The molecule has 0 fully saturated rings. The molecule has 0 N–H and O–H groups in total. The van der Waals surface area contributed by atoms with Crippen LogP contribution in [-0.2, 0) is 0 Å². The quantitative estimate of drug-likeness (QED) is 0.362. The van der Waals surface area contributed by atoms with Crippen LogP contribution in [0.3, 0.4) is 0 Å². The number of allylic oxidation sites excluding steroid dienone is 1. The molecule has 0 rings (SSSR count). The summed E-state index contributed by atoms with van der Waals surface area (Å²) in [5, 5.41) is 16.3. The van der Waals surface area contributed by atoms with Crippen molar-refractivity contribution in [3.8, 4) is 12.1 Å². The minimum absolute atomic E-state index is 0.426. The molecule has 0 saturated carbocycles. The lowest BCUT2D eigenvalue weighted by Gasteiger charge is -1.69. The summed E-state index contributed by atoms with van der Waals surface area (Å²) in [7, 11) is 0. The lowest BCUT2D eigenvalue weighted by atomic mass is 10.3. The molecule has 0 bridgehead atoms. The van der Waals surface area contributed by atoms with Crippen LogP contribution in [-0.4, -0.2) is 0 Å². The zero-order valence-corrected chi connectivity index (χ0v) is 4.79. The Balaban J connectivity index is 5.12. The van der Waals surface area contributed by atoms with Gasteiger partial charge in [0.1, 0.15) is 25.3 Å². The summed E-state index contributed by atoms with van der Waals surface area (Å²) in [5.41, 5.74) is -0.426. The summed E-state index contributed by atoms with van der Waals surface area (Å²) in [4.78, 5) is 5.36. The van der Waals surface area contributed by atoms with Crippen LogP contribution in [0.4, 0.5) is 0 Å². The van der Waals surface area contributed by atoms with E-state index < -0.39 is 11.4 Å². The Morgan fingerprint density at radius 2 is 1.50 bits per heavy atom. The molecule has 0 amide bonds. The highest BCUT2D eigenvalue weighted by molar-refractivity contribution is 5.44. The molecule has 0 aliphatic rings. The molecular weight excluding hydrogens is 128 g/mol. The van der Waals surface area contributed by atoms with Gasteiger partial charge in [-0.2, -0.15) is 20.2 Å². The average molecular weight is 128 g/mol. The Morgan fingerprint density at radius 3 is 1.60 bits per heavy atom. The SMILES string of the molecule is [C-]#[N+]C([N+]#[C-])=C(C#N)C#N. The summed E-state index contributed by atoms with van der Waals surface area (Å²) in [6.07, 6.45) is 0. The Kier molecular flexibility index (Phi) is 2.83. The van der Waals surface area contributed by atoms with E-state index in [4.69, 9.17) is 23.7 Å². The normalized spacial score (nSPS) is 5.60. The van der Waals surface area contributed by atoms with Gasteiger partial charge in [-0.25, -0.2) is 0 Å². The molecular formula is C6N4. The van der Waals surface area contributed by atoms with Crippen LogP contribution < -0.4 is 0 Å². The maximum atomic E-state index is 8.14. The molecule has 44 valence electrons. The van der Waals surface area contributed by atoms with Gasteiger partial charge in [-0.05, 0) is 0 Å². The van der Waals surface area contributed by atoms with Crippen LogP contribution in [0.15, 0.2) is 11.4 Å². The first-order valence-corrected chi connectivity index (χ1v) is 2.09. The van der Waals surface area contributed by atoms with Crippen molar-refractivity contribution in [2.24, 2.45) is 0 Å². The molecule has 0 atom stereocenters. The molecule has 0 aliphatic carbocycles. The fraction of sp³-hybridized carbons (Fsp3) is 0. The molecule has 0 spiro atoms. The van der Waals surface area contributed by atoms with Gasteiger partial charge in [0.25, 0.3) is 0 Å². The molecule has 0 aliphatic heterocycles. The minimum Gasteiger partial charge on any atom is -0.193 e. The standard InChI is InChI=1S/C6N4/c1-9-6(10-2)5(3-7)4-8. The van der Waals surface area contributed by atoms with E-state index in [1.54, 1.807) is 0 Å². The van der Waals surface area contributed by atoms with Crippen LogP contribution in [0, 0.1) is 35.8 Å². The molecule has 0 aromatic heterocycles. The van der Waals surface area contributed by atoms with E-state index >= 15 is 0 Å². The topological polar surface area (TPSA) is 56.3 Å². The smallest absolute Gasteiger partial charge is 0.193 e. The van der Waals surface area contributed by atoms with E-state index in [1.807, 2.05) is 0 Å². The van der Waals surface area contributed by atoms with Crippen LogP contribution in [0.2, 0.25) is 0 Å². The van der Waals surface area contributed by atoms with Crippen LogP contribution in [0.1, 0.15) is 0 Å². The van der Waals surface area contributed by atoms with Gasteiger partial charge in [0.2, 0.25) is 5.57 Å². The number of rotatable bonds is 0. The van der Waals surface area contributed by atoms with Crippen molar-refractivity contribution in [2.75, 3.05) is 0 Å². The Bertz CT molecular complexity index is 257. The molecule has 0 heterocycles. The van der Waals surface area contributed by atoms with Gasteiger partial charge >= 0.3 is 5.82 Å². The molecule has 0 unspecified atom stereocenters. The van der Waals surface area contributed by atoms with Crippen molar-refractivity contribution in [1.82, 2.24) is 0 Å². The second-order valence-corrected chi connectivity index (χ2v) is 1.15. The number of hydrogen-bond donors (Lipinski definition) is 0.